The summed E-state index contributed by atoms with van der Waals surface area (Å²) in [6, 6.07) is 18.9. The average Bonchev–Trinajstić information content (AvgIpc) is 2.47. The number of alkyl halides is 1. The Morgan fingerprint density at radius 3 is 2.50 bits per heavy atom. The first-order valence-electron chi connectivity index (χ1n) is 5.88. The average molecular weight is 298 g/mol. The Balaban J connectivity index is 2.32. The summed E-state index contributed by atoms with van der Waals surface area (Å²) >= 11 is 3.52. The van der Waals surface area contributed by atoms with Gasteiger partial charge in [0.25, 0.3) is 0 Å². The molecular formula is C16H12BrN. The lowest BCUT2D eigenvalue weighted by molar-refractivity contribution is 1.35. The highest BCUT2D eigenvalue weighted by Gasteiger charge is 2.06. The number of benzene rings is 2. The lowest BCUT2D eigenvalue weighted by atomic mass is 10.00. The predicted octanol–water partition coefficient (Wildman–Crippen LogP) is 4.80. The maximum absolute atomic E-state index is 4.51. The van der Waals surface area contributed by atoms with Crippen molar-refractivity contribution in [2.45, 2.75) is 5.33 Å². The highest BCUT2D eigenvalue weighted by molar-refractivity contribution is 9.08. The summed E-state index contributed by atoms with van der Waals surface area (Å²) in [5.74, 6) is 0. The van der Waals surface area contributed by atoms with Crippen LogP contribution in [-0.4, -0.2) is 4.98 Å². The summed E-state index contributed by atoms with van der Waals surface area (Å²) in [5.41, 5.74) is 4.78. The van der Waals surface area contributed by atoms with E-state index in [1.54, 1.807) is 0 Å². The Labute approximate surface area is 115 Å². The number of fused-ring (bicyclic) bond motifs is 1. The van der Waals surface area contributed by atoms with Gasteiger partial charge in [-0.05, 0) is 22.8 Å². The molecule has 18 heavy (non-hydrogen) atoms. The van der Waals surface area contributed by atoms with Crippen molar-refractivity contribution >= 4 is 26.8 Å². The third-order valence-corrected chi connectivity index (χ3v) is 3.69. The van der Waals surface area contributed by atoms with Crippen LogP contribution in [0.3, 0.4) is 0 Å². The summed E-state index contributed by atoms with van der Waals surface area (Å²) < 4.78 is 0. The van der Waals surface area contributed by atoms with E-state index in [-0.39, 0.29) is 0 Å². The van der Waals surface area contributed by atoms with Crippen molar-refractivity contribution in [2.24, 2.45) is 0 Å². The van der Waals surface area contributed by atoms with Crippen LogP contribution in [0.2, 0.25) is 0 Å². The van der Waals surface area contributed by atoms with Crippen LogP contribution >= 0.6 is 15.9 Å². The maximum atomic E-state index is 4.51. The predicted molar refractivity (Wildman–Crippen MR) is 79.8 cm³/mol. The van der Waals surface area contributed by atoms with Crippen molar-refractivity contribution in [3.8, 4) is 11.1 Å². The molecule has 1 nitrogen and oxygen atoms in total. The molecular weight excluding hydrogens is 286 g/mol. The molecule has 0 aliphatic rings. The minimum absolute atomic E-state index is 0.829. The number of hydrogen-bond donors (Lipinski definition) is 0. The van der Waals surface area contributed by atoms with Crippen LogP contribution < -0.4 is 0 Å². The van der Waals surface area contributed by atoms with Crippen molar-refractivity contribution in [1.82, 2.24) is 4.98 Å². The summed E-state index contributed by atoms with van der Waals surface area (Å²) in [7, 11) is 0. The first-order chi connectivity index (χ1) is 8.90. The molecule has 0 atom stereocenters. The lowest BCUT2D eigenvalue weighted by Gasteiger charge is -2.08. The van der Waals surface area contributed by atoms with E-state index in [0.717, 1.165) is 10.8 Å². The molecule has 0 radical (unpaired) electrons. The molecule has 0 spiro atoms. The number of nitrogens with zero attached hydrogens (tertiary/aromatic N) is 1. The van der Waals surface area contributed by atoms with E-state index in [0.29, 0.717) is 0 Å². The van der Waals surface area contributed by atoms with Gasteiger partial charge in [-0.15, -0.1) is 0 Å². The third-order valence-electron chi connectivity index (χ3n) is 3.08. The minimum atomic E-state index is 0.829. The number of pyridine rings is 1. The number of aromatic nitrogens is 1. The van der Waals surface area contributed by atoms with Crippen LogP contribution in [0.15, 0.2) is 60.8 Å². The van der Waals surface area contributed by atoms with Crippen LogP contribution in [0.25, 0.3) is 22.0 Å². The number of rotatable bonds is 2. The van der Waals surface area contributed by atoms with E-state index < -0.39 is 0 Å². The second-order valence-electron chi connectivity index (χ2n) is 4.17. The molecule has 0 N–H and O–H groups in total. The monoisotopic (exact) mass is 297 g/mol. The van der Waals surface area contributed by atoms with Crippen LogP contribution in [0.1, 0.15) is 5.56 Å². The van der Waals surface area contributed by atoms with Crippen molar-refractivity contribution < 1.29 is 0 Å². The number of hydrogen-bond acceptors (Lipinski definition) is 1. The van der Waals surface area contributed by atoms with E-state index in [1.807, 2.05) is 12.3 Å². The number of halogens is 1. The normalized spacial score (nSPS) is 10.7. The van der Waals surface area contributed by atoms with Gasteiger partial charge in [-0.2, -0.15) is 0 Å². The molecule has 0 amide bonds. The van der Waals surface area contributed by atoms with Gasteiger partial charge in [0.2, 0.25) is 0 Å². The summed E-state index contributed by atoms with van der Waals surface area (Å²) in [5, 5.41) is 2.04. The fourth-order valence-corrected chi connectivity index (χ4v) is 2.67. The molecule has 0 bridgehead atoms. The second kappa shape index (κ2) is 4.91. The molecule has 2 aromatic carbocycles. The van der Waals surface area contributed by atoms with Crippen LogP contribution in [0, 0.1) is 0 Å². The Bertz CT molecular complexity index is 677. The van der Waals surface area contributed by atoms with Gasteiger partial charge in [0, 0.05) is 16.9 Å². The Hall–Kier alpha value is -1.67. The van der Waals surface area contributed by atoms with Gasteiger partial charge in [0.15, 0.2) is 0 Å². The molecule has 0 saturated heterocycles. The Morgan fingerprint density at radius 2 is 1.72 bits per heavy atom. The van der Waals surface area contributed by atoms with Crippen molar-refractivity contribution in [3.63, 3.8) is 0 Å². The van der Waals surface area contributed by atoms with Gasteiger partial charge in [-0.1, -0.05) is 64.5 Å². The molecule has 1 heterocycles. The highest BCUT2D eigenvalue weighted by atomic mass is 79.9. The quantitative estimate of drug-likeness (QED) is 0.619. The van der Waals surface area contributed by atoms with E-state index in [9.17, 15) is 0 Å². The van der Waals surface area contributed by atoms with Gasteiger partial charge < -0.3 is 0 Å². The molecule has 0 fully saturated rings. The standard InChI is InChI=1S/C16H12BrN/c17-11-13-7-4-8-15-14(9-10-18-16(13)15)12-5-2-1-3-6-12/h1-10H,11H2. The van der Waals surface area contributed by atoms with Gasteiger partial charge in [0.1, 0.15) is 0 Å². The molecule has 3 rings (SSSR count). The summed E-state index contributed by atoms with van der Waals surface area (Å²) in [4.78, 5) is 4.51. The zero-order chi connectivity index (χ0) is 12.4. The first-order valence-corrected chi connectivity index (χ1v) is 7.00. The molecule has 0 aliphatic carbocycles. The Morgan fingerprint density at radius 1 is 0.889 bits per heavy atom. The van der Waals surface area contributed by atoms with E-state index in [4.69, 9.17) is 0 Å². The Kier molecular flexibility index (Phi) is 3.11. The molecule has 88 valence electrons. The first kappa shape index (κ1) is 11.4. The van der Waals surface area contributed by atoms with E-state index in [2.05, 4.69) is 69.4 Å². The SMILES string of the molecule is BrCc1cccc2c(-c3ccccc3)ccnc12. The maximum Gasteiger partial charge on any atom is 0.0748 e. The van der Waals surface area contributed by atoms with Crippen LogP contribution in [0.4, 0.5) is 0 Å². The molecule has 0 saturated carbocycles. The van der Waals surface area contributed by atoms with Gasteiger partial charge in [-0.3, -0.25) is 4.98 Å². The highest BCUT2D eigenvalue weighted by Crippen LogP contribution is 2.29. The molecule has 0 aliphatic heterocycles. The molecule has 0 unspecified atom stereocenters. The molecule has 2 heteroatoms. The van der Waals surface area contributed by atoms with Crippen molar-refractivity contribution in [2.75, 3.05) is 0 Å². The molecule has 3 aromatic rings. The summed E-state index contributed by atoms with van der Waals surface area (Å²) in [6.45, 7) is 0. The topological polar surface area (TPSA) is 12.9 Å². The third kappa shape index (κ3) is 1.93. The van der Waals surface area contributed by atoms with Crippen molar-refractivity contribution in [1.29, 1.82) is 0 Å². The smallest absolute Gasteiger partial charge is 0.0748 e. The van der Waals surface area contributed by atoms with Gasteiger partial charge in [0.05, 0.1) is 5.52 Å². The van der Waals surface area contributed by atoms with Crippen LogP contribution in [0.5, 0.6) is 0 Å². The molecule has 1 aromatic heterocycles. The second-order valence-corrected chi connectivity index (χ2v) is 4.73. The van der Waals surface area contributed by atoms with Crippen molar-refractivity contribution in [3.05, 3.63) is 66.4 Å². The van der Waals surface area contributed by atoms with E-state index >= 15 is 0 Å². The largest absolute Gasteiger partial charge is 0.256 e. The number of para-hydroxylation sites is 1. The lowest BCUT2D eigenvalue weighted by Crippen LogP contribution is -1.88. The minimum Gasteiger partial charge on any atom is -0.256 e. The van der Waals surface area contributed by atoms with Gasteiger partial charge >= 0.3 is 0 Å². The zero-order valence-electron chi connectivity index (χ0n) is 9.81. The fraction of sp³-hybridized carbons (Fsp3) is 0.0625. The fourth-order valence-electron chi connectivity index (χ4n) is 2.21. The van der Waals surface area contributed by atoms with Crippen LogP contribution in [-0.2, 0) is 5.33 Å². The zero-order valence-corrected chi connectivity index (χ0v) is 11.4. The summed E-state index contributed by atoms with van der Waals surface area (Å²) in [6.07, 6.45) is 1.89. The van der Waals surface area contributed by atoms with E-state index in [1.165, 1.54) is 22.1 Å². The van der Waals surface area contributed by atoms with Gasteiger partial charge in [-0.25, -0.2) is 0 Å².